The van der Waals surface area contributed by atoms with Crippen LogP contribution in [0.4, 0.5) is 10.7 Å². The molecule has 3 heterocycles. The highest BCUT2D eigenvalue weighted by Gasteiger charge is 2.29. The molecule has 1 N–H and O–H groups in total. The van der Waals surface area contributed by atoms with Crippen LogP contribution < -0.4 is 5.32 Å². The Morgan fingerprint density at radius 2 is 1.98 bits per heavy atom. The molecule has 1 aliphatic rings. The van der Waals surface area contributed by atoms with Gasteiger partial charge in [-0.25, -0.2) is 23.2 Å². The zero-order valence-electron chi connectivity index (χ0n) is 27.7. The van der Waals surface area contributed by atoms with Crippen molar-refractivity contribution in [1.29, 1.82) is 5.26 Å². The lowest BCUT2D eigenvalue weighted by atomic mass is 10.0. The van der Waals surface area contributed by atoms with Gasteiger partial charge in [0.25, 0.3) is 0 Å². The summed E-state index contributed by atoms with van der Waals surface area (Å²) < 4.78 is 39.6. The van der Waals surface area contributed by atoms with Crippen LogP contribution >= 0.6 is 0 Å². The Morgan fingerprint density at radius 3 is 2.60 bits per heavy atom. The number of piperidine rings is 1. The minimum atomic E-state index is -3.76. The molecule has 1 aliphatic heterocycles. The van der Waals surface area contributed by atoms with E-state index in [4.69, 9.17) is 14.5 Å². The number of nitrogens with zero attached hydrogens (tertiary/aromatic N) is 5. The maximum absolute atomic E-state index is 13.1. The van der Waals surface area contributed by atoms with E-state index in [1.54, 1.807) is 27.8 Å². The number of aromatic nitrogens is 3. The smallest absolute Gasteiger partial charge is 0.410 e. The minimum Gasteiger partial charge on any atom is -0.444 e. The van der Waals surface area contributed by atoms with Gasteiger partial charge in [0.2, 0.25) is 5.95 Å². The van der Waals surface area contributed by atoms with E-state index < -0.39 is 23.5 Å². The molecule has 2 aromatic heterocycles. The van der Waals surface area contributed by atoms with Gasteiger partial charge >= 0.3 is 6.09 Å². The van der Waals surface area contributed by atoms with Crippen LogP contribution in [-0.4, -0.2) is 79.6 Å². The fraction of sp³-hybridized carbons (Fsp3) is 0.562. The fourth-order valence-electron chi connectivity index (χ4n) is 5.40. The molecule has 0 bridgehead atoms. The van der Waals surface area contributed by atoms with Crippen molar-refractivity contribution in [1.82, 2.24) is 19.4 Å². The lowest BCUT2D eigenvalue weighted by Gasteiger charge is -2.34. The molecule has 1 saturated heterocycles. The van der Waals surface area contributed by atoms with Crippen LogP contribution in [0, 0.1) is 11.3 Å². The Morgan fingerprint density at radius 1 is 1.24 bits per heavy atom. The number of hydrogen-bond donors (Lipinski definition) is 1. The summed E-state index contributed by atoms with van der Waals surface area (Å²) in [4.78, 5) is 23.9. The van der Waals surface area contributed by atoms with Crippen LogP contribution in [0.5, 0.6) is 0 Å². The second kappa shape index (κ2) is 13.5. The van der Waals surface area contributed by atoms with Crippen molar-refractivity contribution < 1.29 is 22.7 Å². The molecule has 1 atom stereocenters. The molecule has 13 heteroatoms. The summed E-state index contributed by atoms with van der Waals surface area (Å²) >= 11 is 0. The summed E-state index contributed by atoms with van der Waals surface area (Å²) in [5, 5.41) is 13.9. The van der Waals surface area contributed by atoms with E-state index in [2.05, 4.69) is 36.0 Å². The van der Waals surface area contributed by atoms with Gasteiger partial charge in [0.05, 0.1) is 16.8 Å². The van der Waals surface area contributed by atoms with Crippen LogP contribution in [0.15, 0.2) is 29.4 Å². The second-order valence-electron chi connectivity index (χ2n) is 13.9. The highest BCUT2D eigenvalue weighted by atomic mass is 32.2. The van der Waals surface area contributed by atoms with Gasteiger partial charge in [-0.3, -0.25) is 0 Å². The van der Waals surface area contributed by atoms with Crippen LogP contribution in [0.3, 0.4) is 0 Å². The van der Waals surface area contributed by atoms with Gasteiger partial charge in [-0.15, -0.1) is 0 Å². The predicted octanol–water partition coefficient (Wildman–Crippen LogP) is 6.06. The first-order valence-corrected chi connectivity index (χ1v) is 21.0. The van der Waals surface area contributed by atoms with Gasteiger partial charge in [0.1, 0.15) is 23.3 Å². The SMILES string of the molecule is CCc1cnc(N[C@H]2CCCN(C(=O)OC(C)(C)C)C2)nc1-c1cn(COCC[Si](C)(C)C)c2c(S(C)(=O)=O)c(C#N)ccc12. The Balaban J connectivity index is 1.74. The second-order valence-corrected chi connectivity index (χ2v) is 21.5. The van der Waals surface area contributed by atoms with E-state index in [-0.39, 0.29) is 29.3 Å². The molecule has 0 unspecified atom stereocenters. The molecule has 244 valence electrons. The van der Waals surface area contributed by atoms with Gasteiger partial charge in [0, 0.05) is 63.4 Å². The van der Waals surface area contributed by atoms with E-state index in [9.17, 15) is 18.5 Å². The molecular formula is C32H46N6O5SSi. The van der Waals surface area contributed by atoms with Crippen LogP contribution in [0.25, 0.3) is 22.2 Å². The highest BCUT2D eigenvalue weighted by Crippen LogP contribution is 2.37. The van der Waals surface area contributed by atoms with E-state index in [0.29, 0.717) is 48.7 Å². The van der Waals surface area contributed by atoms with Crippen molar-refractivity contribution >= 4 is 40.9 Å². The van der Waals surface area contributed by atoms with E-state index in [1.165, 1.54) is 0 Å². The van der Waals surface area contributed by atoms with Crippen molar-refractivity contribution in [3.8, 4) is 17.3 Å². The molecule has 1 fully saturated rings. The number of rotatable bonds is 10. The number of ether oxygens (including phenoxy) is 2. The third-order valence-electron chi connectivity index (χ3n) is 7.62. The lowest BCUT2D eigenvalue weighted by molar-refractivity contribution is 0.0206. The van der Waals surface area contributed by atoms with E-state index >= 15 is 0 Å². The average molecular weight is 655 g/mol. The van der Waals surface area contributed by atoms with E-state index in [0.717, 1.165) is 36.3 Å². The summed E-state index contributed by atoms with van der Waals surface area (Å²) in [6.07, 6.45) is 6.75. The summed E-state index contributed by atoms with van der Waals surface area (Å²) in [6, 6.07) is 6.29. The number of fused-ring (bicyclic) bond motifs is 1. The molecule has 0 saturated carbocycles. The van der Waals surface area contributed by atoms with Crippen LogP contribution in [0.1, 0.15) is 51.7 Å². The molecule has 4 rings (SSSR count). The first-order valence-electron chi connectivity index (χ1n) is 15.4. The summed E-state index contributed by atoms with van der Waals surface area (Å²) in [7, 11) is -5.10. The maximum Gasteiger partial charge on any atom is 0.410 e. The van der Waals surface area contributed by atoms with Gasteiger partial charge in [-0.2, -0.15) is 5.26 Å². The molecule has 1 aromatic carbocycles. The Labute approximate surface area is 267 Å². The normalized spacial score (nSPS) is 16.1. The maximum atomic E-state index is 13.1. The number of nitriles is 1. The Hall–Kier alpha value is -3.47. The van der Waals surface area contributed by atoms with Gasteiger partial charge < -0.3 is 24.3 Å². The molecule has 45 heavy (non-hydrogen) atoms. The monoisotopic (exact) mass is 654 g/mol. The predicted molar refractivity (Wildman–Crippen MR) is 179 cm³/mol. The van der Waals surface area contributed by atoms with Crippen LogP contribution in [0.2, 0.25) is 25.7 Å². The Kier molecular flexibility index (Phi) is 10.3. The zero-order valence-corrected chi connectivity index (χ0v) is 29.5. The van der Waals surface area contributed by atoms with Gasteiger partial charge in [0.15, 0.2) is 9.84 Å². The number of aryl methyl sites for hydroxylation is 1. The number of carbonyl (C=O) groups is 1. The van der Waals surface area contributed by atoms with Crippen molar-refractivity contribution in [2.45, 2.75) is 95.9 Å². The summed E-state index contributed by atoms with van der Waals surface area (Å²) in [5.74, 6) is 0.419. The average Bonchev–Trinajstić information content (AvgIpc) is 3.31. The number of benzene rings is 1. The topological polar surface area (TPSA) is 139 Å². The highest BCUT2D eigenvalue weighted by molar-refractivity contribution is 7.91. The molecule has 0 spiro atoms. The largest absolute Gasteiger partial charge is 0.444 e. The third-order valence-corrected chi connectivity index (χ3v) is 10.5. The minimum absolute atomic E-state index is 0.0163. The first kappa shape index (κ1) is 34.4. The molecular weight excluding hydrogens is 609 g/mol. The lowest BCUT2D eigenvalue weighted by Crippen LogP contribution is -2.47. The quantitative estimate of drug-likeness (QED) is 0.204. The number of nitrogens with one attached hydrogen (secondary N) is 1. The summed E-state index contributed by atoms with van der Waals surface area (Å²) in [5.41, 5.74) is 2.23. The van der Waals surface area contributed by atoms with Crippen molar-refractivity contribution in [2.24, 2.45) is 0 Å². The zero-order chi connectivity index (χ0) is 33.2. The fourth-order valence-corrected chi connectivity index (χ4v) is 7.25. The molecule has 11 nitrogen and oxygen atoms in total. The Bertz CT molecular complexity index is 1700. The number of hydrogen-bond acceptors (Lipinski definition) is 9. The molecule has 1 amide bonds. The van der Waals surface area contributed by atoms with Crippen molar-refractivity contribution in [3.05, 3.63) is 35.7 Å². The number of anilines is 1. The molecule has 3 aromatic rings. The summed E-state index contributed by atoms with van der Waals surface area (Å²) in [6.45, 7) is 16.2. The number of sulfone groups is 1. The molecule has 0 radical (unpaired) electrons. The number of carbonyl (C=O) groups excluding carboxylic acids is 1. The number of amides is 1. The van der Waals surface area contributed by atoms with Crippen LogP contribution in [-0.2, 0) is 32.5 Å². The molecule has 0 aliphatic carbocycles. The van der Waals surface area contributed by atoms with Gasteiger partial charge in [-0.1, -0.05) is 32.6 Å². The van der Waals surface area contributed by atoms with Crippen molar-refractivity contribution in [2.75, 3.05) is 31.3 Å². The van der Waals surface area contributed by atoms with Gasteiger partial charge in [-0.05, 0) is 57.7 Å². The van der Waals surface area contributed by atoms with Crippen molar-refractivity contribution in [3.63, 3.8) is 0 Å². The standard InChI is InChI=1S/C32H46N6O5SSi/c1-9-22-18-34-30(35-24-11-10-14-37(19-24)31(39)43-32(2,3)4)36-27(22)26-20-38(21-42-15-16-45(6,7)8)28-25(26)13-12-23(17-33)29(28)44(5,40)41/h12-13,18,20,24H,9-11,14-16,19,21H2,1-8H3,(H,34,35,36)/t24-/m0/s1. The third kappa shape index (κ3) is 8.62. The first-order chi connectivity index (χ1) is 21.0. The van der Waals surface area contributed by atoms with E-state index in [1.807, 2.05) is 33.9 Å². The number of likely N-dealkylation sites (tertiary alicyclic amines) is 1.